The van der Waals surface area contributed by atoms with Crippen LogP contribution in [0.1, 0.15) is 53.9 Å². The molecule has 1 saturated heterocycles. The minimum atomic E-state index is -0.348. The summed E-state index contributed by atoms with van der Waals surface area (Å²) in [6.07, 6.45) is 3.46. The topological polar surface area (TPSA) is 29.5 Å². The molecule has 0 aromatic carbocycles. The second-order valence-electron chi connectivity index (χ2n) is 6.85. The molecule has 0 saturated carbocycles. The Morgan fingerprint density at radius 2 is 1.79 bits per heavy atom. The second-order valence-corrected chi connectivity index (χ2v) is 6.85. The molecule has 19 heavy (non-hydrogen) atoms. The van der Waals surface area contributed by atoms with Crippen LogP contribution in [0.15, 0.2) is 0 Å². The van der Waals surface area contributed by atoms with Crippen molar-refractivity contribution in [1.29, 1.82) is 0 Å². The van der Waals surface area contributed by atoms with Gasteiger partial charge in [0.2, 0.25) is 0 Å². The van der Waals surface area contributed by atoms with Crippen molar-refractivity contribution in [2.75, 3.05) is 26.2 Å². The third-order valence-corrected chi connectivity index (χ3v) is 4.41. The monoisotopic (exact) mass is 269 g/mol. The lowest BCUT2D eigenvalue weighted by atomic mass is 9.73. The second kappa shape index (κ2) is 7.28. The number of hydrogen-bond donors (Lipinski definition) is 0. The number of likely N-dealkylation sites (tertiary alicyclic amines) is 1. The molecule has 1 rings (SSSR count). The summed E-state index contributed by atoms with van der Waals surface area (Å²) in [7, 11) is 0. The largest absolute Gasteiger partial charge is 0.464 e. The molecule has 1 heterocycles. The predicted octanol–water partition coefficient (Wildman–Crippen LogP) is 3.33. The number of carbonyl (C=O) groups excluding carboxylic acids is 1. The van der Waals surface area contributed by atoms with Gasteiger partial charge < -0.3 is 4.74 Å². The summed E-state index contributed by atoms with van der Waals surface area (Å²) in [5, 5.41) is 0. The van der Waals surface area contributed by atoms with Crippen LogP contribution >= 0.6 is 0 Å². The lowest BCUT2D eigenvalue weighted by Crippen LogP contribution is -2.37. The van der Waals surface area contributed by atoms with Gasteiger partial charge in [-0.3, -0.25) is 9.69 Å². The minimum absolute atomic E-state index is 0.0182. The standard InChI is InChI=1S/C16H31NO2/c1-13(2)12-16(5,14(3)4)15(18)19-11-10-17-8-6-7-9-17/h13-14H,6-12H2,1-5H3. The predicted molar refractivity (Wildman–Crippen MR) is 79.0 cm³/mol. The Bertz CT molecular complexity index is 282. The normalized spacial score (nSPS) is 19.9. The first-order valence-corrected chi connectivity index (χ1v) is 7.76. The Morgan fingerprint density at radius 3 is 2.26 bits per heavy atom. The fraction of sp³-hybridized carbons (Fsp3) is 0.938. The molecule has 0 amide bonds. The van der Waals surface area contributed by atoms with Crippen molar-refractivity contribution < 1.29 is 9.53 Å². The number of rotatable bonds is 7. The Hall–Kier alpha value is -0.570. The van der Waals surface area contributed by atoms with Gasteiger partial charge in [0, 0.05) is 6.54 Å². The first kappa shape index (κ1) is 16.5. The van der Waals surface area contributed by atoms with Crippen molar-refractivity contribution in [3.05, 3.63) is 0 Å². The molecule has 0 aromatic rings. The molecule has 0 N–H and O–H groups in total. The Labute approximate surface area is 118 Å². The summed E-state index contributed by atoms with van der Waals surface area (Å²) in [5.41, 5.74) is -0.348. The first-order valence-electron chi connectivity index (χ1n) is 7.76. The molecule has 3 nitrogen and oxygen atoms in total. The van der Waals surface area contributed by atoms with E-state index in [2.05, 4.69) is 39.5 Å². The number of ether oxygens (including phenoxy) is 1. The number of carbonyl (C=O) groups is 1. The van der Waals surface area contributed by atoms with E-state index >= 15 is 0 Å². The van der Waals surface area contributed by atoms with E-state index in [9.17, 15) is 4.79 Å². The quantitative estimate of drug-likeness (QED) is 0.664. The summed E-state index contributed by atoms with van der Waals surface area (Å²) in [6.45, 7) is 14.4. The van der Waals surface area contributed by atoms with Crippen LogP contribution in [0, 0.1) is 17.3 Å². The zero-order valence-corrected chi connectivity index (χ0v) is 13.4. The molecule has 1 atom stereocenters. The molecule has 3 heteroatoms. The zero-order valence-electron chi connectivity index (χ0n) is 13.4. The Kier molecular flexibility index (Phi) is 6.31. The maximum absolute atomic E-state index is 12.4. The molecular formula is C16H31NO2. The van der Waals surface area contributed by atoms with E-state index in [-0.39, 0.29) is 11.4 Å². The van der Waals surface area contributed by atoms with Gasteiger partial charge in [0.25, 0.3) is 0 Å². The van der Waals surface area contributed by atoms with Crippen molar-refractivity contribution in [3.8, 4) is 0 Å². The summed E-state index contributed by atoms with van der Waals surface area (Å²) in [4.78, 5) is 14.8. The average Bonchev–Trinajstić information content (AvgIpc) is 2.80. The van der Waals surface area contributed by atoms with Crippen LogP contribution in [0.25, 0.3) is 0 Å². The van der Waals surface area contributed by atoms with E-state index in [1.54, 1.807) is 0 Å². The molecule has 0 aliphatic carbocycles. The van der Waals surface area contributed by atoms with Crippen LogP contribution in [0.5, 0.6) is 0 Å². The third kappa shape index (κ3) is 4.79. The molecule has 0 radical (unpaired) electrons. The highest BCUT2D eigenvalue weighted by Crippen LogP contribution is 2.35. The lowest BCUT2D eigenvalue weighted by molar-refractivity contribution is -0.159. The van der Waals surface area contributed by atoms with Gasteiger partial charge in [0.05, 0.1) is 5.41 Å². The van der Waals surface area contributed by atoms with Crippen molar-refractivity contribution in [1.82, 2.24) is 4.90 Å². The highest BCUT2D eigenvalue weighted by Gasteiger charge is 2.38. The number of nitrogens with zero attached hydrogens (tertiary/aromatic N) is 1. The van der Waals surface area contributed by atoms with Gasteiger partial charge >= 0.3 is 5.97 Å². The van der Waals surface area contributed by atoms with Crippen molar-refractivity contribution in [3.63, 3.8) is 0 Å². The van der Waals surface area contributed by atoms with E-state index in [4.69, 9.17) is 4.74 Å². The SMILES string of the molecule is CC(C)CC(C)(C(=O)OCCN1CCCC1)C(C)C. The van der Waals surface area contributed by atoms with Gasteiger partial charge in [-0.2, -0.15) is 0 Å². The molecule has 0 spiro atoms. The molecule has 1 aliphatic heterocycles. The molecule has 112 valence electrons. The van der Waals surface area contributed by atoms with Gasteiger partial charge in [0.1, 0.15) is 6.61 Å². The fourth-order valence-electron chi connectivity index (χ4n) is 2.84. The first-order chi connectivity index (χ1) is 8.86. The molecule has 1 aliphatic rings. The Balaban J connectivity index is 2.43. The van der Waals surface area contributed by atoms with Crippen LogP contribution in [-0.4, -0.2) is 37.1 Å². The molecule has 0 bridgehead atoms. The molecular weight excluding hydrogens is 238 g/mol. The molecule has 1 unspecified atom stereocenters. The maximum atomic E-state index is 12.4. The van der Waals surface area contributed by atoms with Crippen LogP contribution in [0.4, 0.5) is 0 Å². The average molecular weight is 269 g/mol. The van der Waals surface area contributed by atoms with Gasteiger partial charge in [-0.05, 0) is 51.1 Å². The summed E-state index contributed by atoms with van der Waals surface area (Å²) in [6, 6.07) is 0. The van der Waals surface area contributed by atoms with Crippen LogP contribution in [0.3, 0.4) is 0 Å². The highest BCUT2D eigenvalue weighted by molar-refractivity contribution is 5.76. The molecule has 0 aromatic heterocycles. The highest BCUT2D eigenvalue weighted by atomic mass is 16.5. The fourth-order valence-corrected chi connectivity index (χ4v) is 2.84. The summed E-state index contributed by atoms with van der Waals surface area (Å²) >= 11 is 0. The Morgan fingerprint density at radius 1 is 1.21 bits per heavy atom. The number of hydrogen-bond acceptors (Lipinski definition) is 3. The van der Waals surface area contributed by atoms with Crippen LogP contribution in [0.2, 0.25) is 0 Å². The molecule has 1 fully saturated rings. The van der Waals surface area contributed by atoms with E-state index in [0.717, 1.165) is 26.1 Å². The van der Waals surface area contributed by atoms with Gasteiger partial charge in [-0.15, -0.1) is 0 Å². The van der Waals surface area contributed by atoms with Gasteiger partial charge in [-0.25, -0.2) is 0 Å². The van der Waals surface area contributed by atoms with Gasteiger partial charge in [-0.1, -0.05) is 27.7 Å². The third-order valence-electron chi connectivity index (χ3n) is 4.41. The maximum Gasteiger partial charge on any atom is 0.312 e. The van der Waals surface area contributed by atoms with Gasteiger partial charge in [0.15, 0.2) is 0 Å². The summed E-state index contributed by atoms with van der Waals surface area (Å²) in [5.74, 6) is 0.808. The number of esters is 1. The van der Waals surface area contributed by atoms with E-state index in [1.807, 2.05) is 0 Å². The zero-order chi connectivity index (χ0) is 14.5. The summed E-state index contributed by atoms with van der Waals surface area (Å²) < 4.78 is 5.55. The van der Waals surface area contributed by atoms with E-state index < -0.39 is 0 Å². The lowest BCUT2D eigenvalue weighted by Gasteiger charge is -2.33. The van der Waals surface area contributed by atoms with Crippen LogP contribution in [-0.2, 0) is 9.53 Å². The van der Waals surface area contributed by atoms with E-state index in [1.165, 1.54) is 12.8 Å². The van der Waals surface area contributed by atoms with Crippen LogP contribution < -0.4 is 0 Å². The van der Waals surface area contributed by atoms with Crippen molar-refractivity contribution >= 4 is 5.97 Å². The minimum Gasteiger partial charge on any atom is -0.464 e. The van der Waals surface area contributed by atoms with E-state index in [0.29, 0.717) is 18.4 Å². The van der Waals surface area contributed by atoms with Crippen molar-refractivity contribution in [2.24, 2.45) is 17.3 Å². The smallest absolute Gasteiger partial charge is 0.312 e. The van der Waals surface area contributed by atoms with Crippen molar-refractivity contribution in [2.45, 2.75) is 53.9 Å².